The second kappa shape index (κ2) is 8.50. The molecule has 2 aromatic carbocycles. The molecule has 2 N–H and O–H groups in total. The van der Waals surface area contributed by atoms with E-state index in [1.54, 1.807) is 12.5 Å². The van der Waals surface area contributed by atoms with Gasteiger partial charge in [-0.15, -0.1) is 0 Å². The zero-order valence-electron chi connectivity index (χ0n) is 18.0. The van der Waals surface area contributed by atoms with Crippen molar-refractivity contribution in [1.82, 2.24) is 29.1 Å². The normalized spacial score (nSPS) is 11.2. The molecule has 8 nitrogen and oxygen atoms in total. The lowest BCUT2D eigenvalue weighted by Crippen LogP contribution is -2.07. The molecule has 0 amide bonds. The molecule has 0 unspecified atom stereocenters. The minimum Gasteiger partial charge on any atom is -0.364 e. The molecular formula is C24H24N8. The van der Waals surface area contributed by atoms with E-state index in [1.165, 1.54) is 5.56 Å². The highest BCUT2D eigenvalue weighted by Crippen LogP contribution is 2.25. The number of benzene rings is 2. The van der Waals surface area contributed by atoms with E-state index < -0.39 is 0 Å². The zero-order chi connectivity index (χ0) is 21.9. The van der Waals surface area contributed by atoms with Crippen LogP contribution in [0.15, 0.2) is 79.6 Å². The molecule has 0 radical (unpaired) electrons. The first-order valence-electron chi connectivity index (χ1n) is 10.5. The second-order valence-corrected chi connectivity index (χ2v) is 7.79. The van der Waals surface area contributed by atoms with Crippen LogP contribution in [0.25, 0.3) is 16.9 Å². The van der Waals surface area contributed by atoms with Gasteiger partial charge in [0.15, 0.2) is 17.0 Å². The Morgan fingerprint density at radius 3 is 2.47 bits per heavy atom. The van der Waals surface area contributed by atoms with Crippen LogP contribution in [-0.4, -0.2) is 29.1 Å². The van der Waals surface area contributed by atoms with Crippen LogP contribution in [-0.2, 0) is 6.54 Å². The van der Waals surface area contributed by atoms with Gasteiger partial charge in [0.2, 0.25) is 5.95 Å². The van der Waals surface area contributed by atoms with Gasteiger partial charge in [-0.05, 0) is 43.7 Å². The molecule has 5 aromatic rings. The average molecular weight is 425 g/mol. The molecule has 8 heteroatoms. The van der Waals surface area contributed by atoms with Gasteiger partial charge < -0.3 is 19.8 Å². The van der Waals surface area contributed by atoms with Crippen LogP contribution < -0.4 is 10.6 Å². The maximum Gasteiger partial charge on any atom is 0.231 e. The summed E-state index contributed by atoms with van der Waals surface area (Å²) in [4.78, 5) is 18.2. The van der Waals surface area contributed by atoms with Crippen molar-refractivity contribution in [3.63, 3.8) is 0 Å². The number of anilines is 3. The van der Waals surface area contributed by atoms with Crippen molar-refractivity contribution in [3.8, 4) is 5.69 Å². The molecule has 0 saturated heterocycles. The van der Waals surface area contributed by atoms with Gasteiger partial charge in [0, 0.05) is 36.4 Å². The molecule has 0 saturated carbocycles. The first-order chi connectivity index (χ1) is 15.7. The van der Waals surface area contributed by atoms with Crippen molar-refractivity contribution in [2.24, 2.45) is 0 Å². The minimum atomic E-state index is 0.235. The number of aromatic nitrogens is 6. The van der Waals surface area contributed by atoms with Crippen LogP contribution in [0.5, 0.6) is 0 Å². The number of fused-ring (bicyclic) bond motifs is 1. The van der Waals surface area contributed by atoms with Gasteiger partial charge in [-0.3, -0.25) is 0 Å². The van der Waals surface area contributed by atoms with E-state index in [9.17, 15) is 0 Å². The van der Waals surface area contributed by atoms with Gasteiger partial charge in [0.25, 0.3) is 0 Å². The maximum atomic E-state index is 4.76. The van der Waals surface area contributed by atoms with Gasteiger partial charge in [-0.2, -0.15) is 9.97 Å². The summed E-state index contributed by atoms with van der Waals surface area (Å²) in [6.07, 6.45) is 7.27. The molecule has 0 aliphatic carbocycles. The Bertz CT molecular complexity index is 1310. The van der Waals surface area contributed by atoms with Crippen LogP contribution in [0.4, 0.5) is 17.5 Å². The summed E-state index contributed by atoms with van der Waals surface area (Å²) in [5.74, 6) is 1.22. The van der Waals surface area contributed by atoms with E-state index in [0.717, 1.165) is 22.5 Å². The first-order valence-corrected chi connectivity index (χ1v) is 10.5. The van der Waals surface area contributed by atoms with Crippen LogP contribution in [0.2, 0.25) is 0 Å². The van der Waals surface area contributed by atoms with Gasteiger partial charge in [0.1, 0.15) is 0 Å². The van der Waals surface area contributed by atoms with Gasteiger partial charge >= 0.3 is 0 Å². The van der Waals surface area contributed by atoms with E-state index in [4.69, 9.17) is 9.97 Å². The predicted molar refractivity (Wildman–Crippen MR) is 126 cm³/mol. The SMILES string of the molecule is CC(C)n1cnc2c(NCc3ccccc3)nc(Nc3ccc(-n4ccnc4)cc3)nc21. The zero-order valence-corrected chi connectivity index (χ0v) is 18.0. The highest BCUT2D eigenvalue weighted by molar-refractivity contribution is 5.84. The summed E-state index contributed by atoms with van der Waals surface area (Å²) in [5, 5.41) is 6.77. The summed E-state index contributed by atoms with van der Waals surface area (Å²) < 4.78 is 4.01. The van der Waals surface area contributed by atoms with Crippen LogP contribution in [0.3, 0.4) is 0 Å². The van der Waals surface area contributed by atoms with E-state index >= 15 is 0 Å². The summed E-state index contributed by atoms with van der Waals surface area (Å²) >= 11 is 0. The third-order valence-electron chi connectivity index (χ3n) is 5.21. The topological polar surface area (TPSA) is 85.5 Å². The van der Waals surface area contributed by atoms with Crippen molar-refractivity contribution < 1.29 is 0 Å². The lowest BCUT2D eigenvalue weighted by molar-refractivity contribution is 0.613. The van der Waals surface area contributed by atoms with E-state index in [1.807, 2.05) is 59.6 Å². The second-order valence-electron chi connectivity index (χ2n) is 7.79. The fraction of sp³-hybridized carbons (Fsp3) is 0.167. The number of imidazole rings is 2. The molecular weight excluding hydrogens is 400 g/mol. The van der Waals surface area contributed by atoms with Crippen LogP contribution in [0, 0.1) is 0 Å². The smallest absolute Gasteiger partial charge is 0.231 e. The Hall–Kier alpha value is -4.20. The summed E-state index contributed by atoms with van der Waals surface area (Å²) in [5.41, 5.74) is 4.66. The third-order valence-corrected chi connectivity index (χ3v) is 5.21. The molecule has 32 heavy (non-hydrogen) atoms. The molecule has 3 heterocycles. The van der Waals surface area contributed by atoms with Crippen LogP contribution in [0.1, 0.15) is 25.5 Å². The number of nitrogens with zero attached hydrogens (tertiary/aromatic N) is 6. The Morgan fingerprint density at radius 2 is 1.75 bits per heavy atom. The van der Waals surface area contributed by atoms with Crippen molar-refractivity contribution in [2.75, 3.05) is 10.6 Å². The summed E-state index contributed by atoms with van der Waals surface area (Å²) in [6, 6.07) is 18.5. The van der Waals surface area contributed by atoms with Crippen molar-refractivity contribution in [2.45, 2.75) is 26.4 Å². The van der Waals surface area contributed by atoms with E-state index in [0.29, 0.717) is 18.3 Å². The van der Waals surface area contributed by atoms with E-state index in [2.05, 4.69) is 51.1 Å². The van der Waals surface area contributed by atoms with E-state index in [-0.39, 0.29) is 6.04 Å². The van der Waals surface area contributed by atoms with Gasteiger partial charge in [-0.1, -0.05) is 30.3 Å². The van der Waals surface area contributed by atoms with Crippen molar-refractivity contribution in [1.29, 1.82) is 0 Å². The average Bonchev–Trinajstić information content (AvgIpc) is 3.49. The molecule has 5 rings (SSSR count). The fourth-order valence-electron chi connectivity index (χ4n) is 3.51. The van der Waals surface area contributed by atoms with Crippen molar-refractivity contribution >= 4 is 28.6 Å². The fourth-order valence-corrected chi connectivity index (χ4v) is 3.51. The molecule has 3 aromatic heterocycles. The molecule has 0 bridgehead atoms. The highest BCUT2D eigenvalue weighted by Gasteiger charge is 2.15. The monoisotopic (exact) mass is 424 g/mol. The number of hydrogen-bond donors (Lipinski definition) is 2. The Labute approximate surface area is 186 Å². The van der Waals surface area contributed by atoms with Gasteiger partial charge in [-0.25, -0.2) is 9.97 Å². The van der Waals surface area contributed by atoms with Crippen LogP contribution >= 0.6 is 0 Å². The molecule has 0 atom stereocenters. The number of rotatable bonds is 7. The minimum absolute atomic E-state index is 0.235. The lowest BCUT2D eigenvalue weighted by Gasteiger charge is -2.12. The Morgan fingerprint density at radius 1 is 0.938 bits per heavy atom. The number of nitrogens with one attached hydrogen (secondary N) is 2. The maximum absolute atomic E-state index is 4.76. The molecule has 160 valence electrons. The molecule has 0 aliphatic rings. The molecule has 0 spiro atoms. The summed E-state index contributed by atoms with van der Waals surface area (Å²) in [7, 11) is 0. The highest BCUT2D eigenvalue weighted by atomic mass is 15.2. The predicted octanol–water partition coefficient (Wildman–Crippen LogP) is 4.95. The standard InChI is InChI=1S/C24H24N8/c1-17(2)32-16-27-21-22(26-14-18-6-4-3-5-7-18)29-24(30-23(21)32)28-19-8-10-20(11-9-19)31-13-12-25-15-31/h3-13,15-17H,14H2,1-2H3,(H2,26,28,29,30). The quantitative estimate of drug-likeness (QED) is 0.385. The summed E-state index contributed by atoms with van der Waals surface area (Å²) in [6.45, 7) is 4.88. The van der Waals surface area contributed by atoms with Gasteiger partial charge in [0.05, 0.1) is 12.7 Å². The lowest BCUT2D eigenvalue weighted by atomic mass is 10.2. The molecule has 0 aliphatic heterocycles. The largest absolute Gasteiger partial charge is 0.364 e. The molecule has 0 fully saturated rings. The Kier molecular flexibility index (Phi) is 5.25. The Balaban J connectivity index is 1.46. The number of hydrogen-bond acceptors (Lipinski definition) is 6. The third kappa shape index (κ3) is 4.02. The van der Waals surface area contributed by atoms with Crippen molar-refractivity contribution in [3.05, 3.63) is 85.2 Å². The first kappa shape index (κ1) is 19.7.